The van der Waals surface area contributed by atoms with E-state index in [9.17, 15) is 9.59 Å². The van der Waals surface area contributed by atoms with Gasteiger partial charge in [0.2, 0.25) is 0 Å². The first kappa shape index (κ1) is 20.5. The van der Waals surface area contributed by atoms with Gasteiger partial charge in [0.15, 0.2) is 6.61 Å². The van der Waals surface area contributed by atoms with Crippen molar-refractivity contribution in [2.75, 3.05) is 13.2 Å². The summed E-state index contributed by atoms with van der Waals surface area (Å²) >= 11 is 6.71. The normalized spacial score (nSPS) is 10.3. The Labute approximate surface area is 168 Å². The van der Waals surface area contributed by atoms with E-state index in [2.05, 4.69) is 31.9 Å². The summed E-state index contributed by atoms with van der Waals surface area (Å²) in [5, 5.41) is 0. The minimum Gasteiger partial charge on any atom is -0.481 e. The molecule has 0 fully saturated rings. The van der Waals surface area contributed by atoms with Crippen LogP contribution >= 0.6 is 31.9 Å². The molecule has 0 N–H and O–H groups in total. The molecule has 0 saturated heterocycles. The molecule has 0 spiro atoms. The second kappa shape index (κ2) is 9.19. The predicted octanol–water partition coefficient (Wildman–Crippen LogP) is 4.99. The van der Waals surface area contributed by atoms with Crippen molar-refractivity contribution in [1.82, 2.24) is 0 Å². The number of aryl methyl sites for hydroxylation is 2. The highest BCUT2D eigenvalue weighted by atomic mass is 79.9. The molecule has 0 aliphatic carbocycles. The van der Waals surface area contributed by atoms with E-state index in [1.807, 2.05) is 26.0 Å². The molecule has 0 aromatic heterocycles. The molecule has 0 aliphatic rings. The number of hydrogen-bond acceptors (Lipinski definition) is 5. The Morgan fingerprint density at radius 2 is 1.69 bits per heavy atom. The number of halogens is 2. The standard InChI is InChI=1S/C19H18Br2O5/c1-4-24-19(23)13-5-6-16(15(21)9-13)26-17(22)10-25-18-11(2)7-14(20)8-12(18)3/h5-9H,4,10H2,1-3H3. The molecule has 26 heavy (non-hydrogen) atoms. The van der Waals surface area contributed by atoms with Crippen molar-refractivity contribution in [1.29, 1.82) is 0 Å². The van der Waals surface area contributed by atoms with E-state index in [4.69, 9.17) is 14.2 Å². The van der Waals surface area contributed by atoms with E-state index in [1.165, 1.54) is 12.1 Å². The number of benzene rings is 2. The van der Waals surface area contributed by atoms with Crippen LogP contribution in [-0.2, 0) is 9.53 Å². The first-order valence-corrected chi connectivity index (χ1v) is 9.47. The minimum atomic E-state index is -0.545. The maximum atomic E-state index is 12.1. The van der Waals surface area contributed by atoms with Crippen molar-refractivity contribution in [3.05, 3.63) is 56.0 Å². The van der Waals surface area contributed by atoms with Gasteiger partial charge in [-0.3, -0.25) is 0 Å². The number of carbonyl (C=O) groups excluding carboxylic acids is 2. The van der Waals surface area contributed by atoms with E-state index >= 15 is 0 Å². The van der Waals surface area contributed by atoms with Crippen LogP contribution in [0.3, 0.4) is 0 Å². The molecule has 2 aromatic carbocycles. The molecular weight excluding hydrogens is 468 g/mol. The smallest absolute Gasteiger partial charge is 0.349 e. The molecule has 0 radical (unpaired) electrons. The number of carbonyl (C=O) groups is 2. The molecule has 138 valence electrons. The molecular formula is C19H18Br2O5. The Balaban J connectivity index is 2.01. The Kier molecular flexibility index (Phi) is 7.23. The lowest BCUT2D eigenvalue weighted by Gasteiger charge is -2.13. The highest BCUT2D eigenvalue weighted by molar-refractivity contribution is 9.10. The third-order valence-corrected chi connectivity index (χ3v) is 4.50. The lowest BCUT2D eigenvalue weighted by molar-refractivity contribution is -0.136. The molecule has 0 bridgehead atoms. The van der Waals surface area contributed by atoms with Crippen molar-refractivity contribution in [3.63, 3.8) is 0 Å². The van der Waals surface area contributed by atoms with Crippen LogP contribution < -0.4 is 9.47 Å². The summed E-state index contributed by atoms with van der Waals surface area (Å²) in [4.78, 5) is 23.8. The van der Waals surface area contributed by atoms with Crippen LogP contribution in [0.1, 0.15) is 28.4 Å². The van der Waals surface area contributed by atoms with Crippen LogP contribution in [0.25, 0.3) is 0 Å². The van der Waals surface area contributed by atoms with Gasteiger partial charge in [-0.2, -0.15) is 0 Å². The summed E-state index contributed by atoms with van der Waals surface area (Å²) in [6, 6.07) is 8.45. The molecule has 0 atom stereocenters. The van der Waals surface area contributed by atoms with Crippen LogP contribution in [0.5, 0.6) is 11.5 Å². The Hall–Kier alpha value is -1.86. The molecule has 2 aromatic rings. The van der Waals surface area contributed by atoms with Gasteiger partial charge in [0, 0.05) is 4.47 Å². The summed E-state index contributed by atoms with van der Waals surface area (Å²) in [7, 11) is 0. The average molecular weight is 486 g/mol. The number of esters is 2. The summed E-state index contributed by atoms with van der Waals surface area (Å²) in [5.41, 5.74) is 2.21. The second-order valence-electron chi connectivity index (χ2n) is 5.50. The summed E-state index contributed by atoms with van der Waals surface area (Å²) in [6.45, 7) is 5.61. The Bertz CT molecular complexity index is 810. The van der Waals surface area contributed by atoms with E-state index in [0.29, 0.717) is 28.1 Å². The minimum absolute atomic E-state index is 0.227. The number of ether oxygens (including phenoxy) is 3. The third-order valence-electron chi connectivity index (χ3n) is 3.43. The second-order valence-corrected chi connectivity index (χ2v) is 7.27. The average Bonchev–Trinajstić information content (AvgIpc) is 2.55. The summed E-state index contributed by atoms with van der Waals surface area (Å²) < 4.78 is 17.3. The van der Waals surface area contributed by atoms with Crippen LogP contribution in [-0.4, -0.2) is 25.2 Å². The van der Waals surface area contributed by atoms with Crippen LogP contribution in [0.4, 0.5) is 0 Å². The zero-order chi connectivity index (χ0) is 19.3. The van der Waals surface area contributed by atoms with E-state index in [1.54, 1.807) is 13.0 Å². The molecule has 5 nitrogen and oxygen atoms in total. The SMILES string of the molecule is CCOC(=O)c1ccc(OC(=O)COc2c(C)cc(Br)cc2C)c(Br)c1. The zero-order valence-corrected chi connectivity index (χ0v) is 17.8. The first-order valence-electron chi connectivity index (χ1n) is 7.88. The van der Waals surface area contributed by atoms with Crippen molar-refractivity contribution < 1.29 is 23.8 Å². The molecule has 0 saturated carbocycles. The number of hydrogen-bond donors (Lipinski definition) is 0. The summed E-state index contributed by atoms with van der Waals surface area (Å²) in [6.07, 6.45) is 0. The molecule has 0 aliphatic heterocycles. The van der Waals surface area contributed by atoms with Crippen molar-refractivity contribution in [2.45, 2.75) is 20.8 Å². The first-order chi connectivity index (χ1) is 12.3. The topological polar surface area (TPSA) is 61.8 Å². The van der Waals surface area contributed by atoms with Crippen molar-refractivity contribution >= 4 is 43.8 Å². The zero-order valence-electron chi connectivity index (χ0n) is 14.6. The van der Waals surface area contributed by atoms with Crippen LogP contribution in [0.2, 0.25) is 0 Å². The third kappa shape index (κ3) is 5.32. The molecule has 0 amide bonds. The molecule has 0 heterocycles. The largest absolute Gasteiger partial charge is 0.481 e. The van der Waals surface area contributed by atoms with Gasteiger partial charge in [-0.15, -0.1) is 0 Å². The Morgan fingerprint density at radius 3 is 2.27 bits per heavy atom. The highest BCUT2D eigenvalue weighted by Gasteiger charge is 2.14. The van der Waals surface area contributed by atoms with Crippen molar-refractivity contribution in [3.8, 4) is 11.5 Å². The quantitative estimate of drug-likeness (QED) is 0.426. The van der Waals surface area contributed by atoms with Gasteiger partial charge in [0.05, 0.1) is 16.6 Å². The summed E-state index contributed by atoms with van der Waals surface area (Å²) in [5.74, 6) is -0.0234. The molecule has 7 heteroatoms. The fourth-order valence-electron chi connectivity index (χ4n) is 2.33. The van der Waals surface area contributed by atoms with Gasteiger partial charge in [-0.25, -0.2) is 9.59 Å². The van der Waals surface area contributed by atoms with E-state index in [-0.39, 0.29) is 6.61 Å². The fraction of sp³-hybridized carbons (Fsp3) is 0.263. The van der Waals surface area contributed by atoms with Crippen LogP contribution in [0, 0.1) is 13.8 Å². The van der Waals surface area contributed by atoms with Gasteiger partial charge in [-0.1, -0.05) is 15.9 Å². The van der Waals surface area contributed by atoms with Gasteiger partial charge < -0.3 is 14.2 Å². The van der Waals surface area contributed by atoms with Gasteiger partial charge in [-0.05, 0) is 78.2 Å². The fourth-order valence-corrected chi connectivity index (χ4v) is 3.48. The maximum Gasteiger partial charge on any atom is 0.349 e. The number of rotatable bonds is 6. The molecule has 0 unspecified atom stereocenters. The van der Waals surface area contributed by atoms with Gasteiger partial charge in [0.1, 0.15) is 11.5 Å². The highest BCUT2D eigenvalue weighted by Crippen LogP contribution is 2.28. The lowest BCUT2D eigenvalue weighted by Crippen LogP contribution is -2.18. The van der Waals surface area contributed by atoms with Gasteiger partial charge >= 0.3 is 11.9 Å². The molecule has 2 rings (SSSR count). The van der Waals surface area contributed by atoms with E-state index < -0.39 is 11.9 Å². The van der Waals surface area contributed by atoms with E-state index in [0.717, 1.165) is 15.6 Å². The Morgan fingerprint density at radius 1 is 1.04 bits per heavy atom. The van der Waals surface area contributed by atoms with Crippen LogP contribution in [0.15, 0.2) is 39.3 Å². The predicted molar refractivity (Wildman–Crippen MR) is 105 cm³/mol. The van der Waals surface area contributed by atoms with Gasteiger partial charge in [0.25, 0.3) is 0 Å². The lowest BCUT2D eigenvalue weighted by atomic mass is 10.1. The maximum absolute atomic E-state index is 12.1. The monoisotopic (exact) mass is 484 g/mol. The van der Waals surface area contributed by atoms with Crippen molar-refractivity contribution in [2.24, 2.45) is 0 Å².